The Morgan fingerprint density at radius 1 is 1.15 bits per heavy atom. The molecule has 1 aromatic heterocycles. The zero-order valence-corrected chi connectivity index (χ0v) is 16.3. The highest BCUT2D eigenvalue weighted by molar-refractivity contribution is 5.96. The van der Waals surface area contributed by atoms with Crippen molar-refractivity contribution in [3.8, 4) is 0 Å². The highest BCUT2D eigenvalue weighted by atomic mass is 19.1. The molecular formula is C22H26FN3O. The van der Waals surface area contributed by atoms with Crippen molar-refractivity contribution >= 4 is 5.91 Å². The number of amides is 1. The fourth-order valence-corrected chi connectivity index (χ4v) is 2.13. The van der Waals surface area contributed by atoms with E-state index in [-0.39, 0.29) is 5.91 Å². The number of aryl methyl sites for hydroxylation is 1. The Labute approximate surface area is 160 Å². The van der Waals surface area contributed by atoms with E-state index < -0.39 is 5.95 Å². The molecule has 0 saturated carbocycles. The summed E-state index contributed by atoms with van der Waals surface area (Å²) in [6.07, 6.45) is 11.8. The van der Waals surface area contributed by atoms with E-state index in [1.807, 2.05) is 39.0 Å². The van der Waals surface area contributed by atoms with E-state index in [9.17, 15) is 9.18 Å². The molecule has 2 N–H and O–H groups in total. The summed E-state index contributed by atoms with van der Waals surface area (Å²) in [5.74, 6) is -1.01. The largest absolute Gasteiger partial charge is 0.354 e. The summed E-state index contributed by atoms with van der Waals surface area (Å²) in [6, 6.07) is 1.22. The lowest BCUT2D eigenvalue weighted by molar-refractivity contribution is 0.0965. The van der Waals surface area contributed by atoms with E-state index in [1.54, 1.807) is 25.2 Å². The number of allylic oxidation sites excluding steroid dienone is 7. The summed E-state index contributed by atoms with van der Waals surface area (Å²) in [6.45, 7) is 15.0. The molecule has 4 nitrogen and oxygen atoms in total. The number of nitrogens with zero attached hydrogens (tertiary/aromatic N) is 1. The Kier molecular flexibility index (Phi) is 8.66. The van der Waals surface area contributed by atoms with Gasteiger partial charge in [-0.3, -0.25) is 4.79 Å². The number of pyridine rings is 1. The summed E-state index contributed by atoms with van der Waals surface area (Å²) < 4.78 is 13.2. The molecule has 0 aliphatic rings. The van der Waals surface area contributed by atoms with E-state index in [4.69, 9.17) is 0 Å². The van der Waals surface area contributed by atoms with Gasteiger partial charge in [-0.25, -0.2) is 4.98 Å². The summed E-state index contributed by atoms with van der Waals surface area (Å²) in [7, 11) is 0. The average molecular weight is 367 g/mol. The van der Waals surface area contributed by atoms with Gasteiger partial charge in [-0.1, -0.05) is 37.0 Å². The minimum Gasteiger partial charge on any atom is -0.354 e. The Morgan fingerprint density at radius 3 is 2.37 bits per heavy atom. The zero-order valence-electron chi connectivity index (χ0n) is 16.3. The predicted octanol–water partition coefficient (Wildman–Crippen LogP) is 4.86. The molecule has 5 heteroatoms. The second-order valence-corrected chi connectivity index (χ2v) is 5.99. The number of carbonyl (C=O) groups is 1. The maximum Gasteiger partial charge on any atom is 0.257 e. The van der Waals surface area contributed by atoms with Crippen LogP contribution in [-0.2, 0) is 0 Å². The number of hydrogen-bond donors (Lipinski definition) is 2. The maximum absolute atomic E-state index is 13.2. The van der Waals surface area contributed by atoms with Crippen LogP contribution in [-0.4, -0.2) is 10.9 Å². The summed E-state index contributed by atoms with van der Waals surface area (Å²) in [5.41, 5.74) is 3.91. The normalized spacial score (nSPS) is 12.3. The third-order valence-corrected chi connectivity index (χ3v) is 3.53. The van der Waals surface area contributed by atoms with Crippen molar-refractivity contribution in [2.24, 2.45) is 0 Å². The summed E-state index contributed by atoms with van der Waals surface area (Å²) in [4.78, 5) is 16.2. The van der Waals surface area contributed by atoms with E-state index in [0.717, 1.165) is 11.3 Å². The topological polar surface area (TPSA) is 54.0 Å². The van der Waals surface area contributed by atoms with Crippen molar-refractivity contribution in [3.63, 3.8) is 0 Å². The zero-order chi connectivity index (χ0) is 20.4. The lowest BCUT2D eigenvalue weighted by Crippen LogP contribution is -2.28. The van der Waals surface area contributed by atoms with Crippen molar-refractivity contribution < 1.29 is 9.18 Å². The third kappa shape index (κ3) is 6.90. The van der Waals surface area contributed by atoms with Gasteiger partial charge in [0.1, 0.15) is 0 Å². The molecule has 1 aromatic rings. The average Bonchev–Trinajstić information content (AvgIpc) is 2.61. The molecule has 0 aromatic carbocycles. The second kappa shape index (κ2) is 10.7. The third-order valence-electron chi connectivity index (χ3n) is 3.53. The van der Waals surface area contributed by atoms with Gasteiger partial charge < -0.3 is 10.6 Å². The van der Waals surface area contributed by atoms with Crippen LogP contribution in [0, 0.1) is 12.9 Å². The van der Waals surface area contributed by atoms with Gasteiger partial charge in [0, 0.05) is 11.9 Å². The van der Waals surface area contributed by atoms with E-state index in [0.29, 0.717) is 22.5 Å². The lowest BCUT2D eigenvalue weighted by Gasteiger charge is -2.16. The molecule has 0 radical (unpaired) electrons. The second-order valence-electron chi connectivity index (χ2n) is 5.99. The first-order valence-electron chi connectivity index (χ1n) is 8.49. The number of carbonyl (C=O) groups excluding carboxylic acids is 1. The van der Waals surface area contributed by atoms with Gasteiger partial charge in [0.25, 0.3) is 5.91 Å². The molecular weight excluding hydrogens is 341 g/mol. The number of aromatic nitrogens is 1. The molecule has 0 spiro atoms. The molecule has 0 unspecified atom stereocenters. The summed E-state index contributed by atoms with van der Waals surface area (Å²) in [5, 5.41) is 6.05. The number of hydrogen-bond acceptors (Lipinski definition) is 3. The maximum atomic E-state index is 13.2. The van der Waals surface area contributed by atoms with Crippen molar-refractivity contribution in [2.45, 2.75) is 27.7 Å². The summed E-state index contributed by atoms with van der Waals surface area (Å²) >= 11 is 0. The van der Waals surface area contributed by atoms with Crippen molar-refractivity contribution in [3.05, 3.63) is 102 Å². The van der Waals surface area contributed by atoms with Crippen molar-refractivity contribution in [1.29, 1.82) is 0 Å². The van der Waals surface area contributed by atoms with Crippen LogP contribution in [0.1, 0.15) is 36.7 Å². The highest BCUT2D eigenvalue weighted by Gasteiger charge is 2.14. The number of nitrogens with one attached hydrogen (secondary N) is 2. The highest BCUT2D eigenvalue weighted by Crippen LogP contribution is 2.12. The van der Waals surface area contributed by atoms with Crippen molar-refractivity contribution in [2.75, 3.05) is 0 Å². The molecule has 142 valence electrons. The van der Waals surface area contributed by atoms with Gasteiger partial charge in [-0.2, -0.15) is 4.39 Å². The molecule has 0 saturated heterocycles. The number of rotatable bonds is 8. The van der Waals surface area contributed by atoms with Crippen LogP contribution in [0.2, 0.25) is 0 Å². The minimum absolute atomic E-state index is 0.297. The first-order chi connectivity index (χ1) is 12.8. The van der Waals surface area contributed by atoms with Crippen LogP contribution in [0.15, 0.2) is 84.5 Å². The molecule has 0 bridgehead atoms. The van der Waals surface area contributed by atoms with Crippen LogP contribution >= 0.6 is 0 Å². The SMILES string of the molecule is C=C/C=C(NC(=O)c1cnc(F)cc1C)\C(=C/C)N/C(C=C)=C/C=C(C)C. The monoisotopic (exact) mass is 367 g/mol. The predicted molar refractivity (Wildman–Crippen MR) is 109 cm³/mol. The Bertz CT molecular complexity index is 841. The molecule has 27 heavy (non-hydrogen) atoms. The van der Waals surface area contributed by atoms with E-state index in [2.05, 4.69) is 28.8 Å². The standard InChI is InChI=1S/C22H26FN3O/c1-7-10-20(19(9-3)25-17(8-2)12-11-15(4)5)26-22(27)18-14-24-21(23)13-16(18)6/h7-14,25H,1-2H2,3-6H3,(H,26,27)/b17-12+,19-9+,20-10+. The lowest BCUT2D eigenvalue weighted by atomic mass is 10.1. The fourth-order valence-electron chi connectivity index (χ4n) is 2.13. The van der Waals surface area contributed by atoms with Gasteiger partial charge in [-0.15, -0.1) is 0 Å². The van der Waals surface area contributed by atoms with Gasteiger partial charge in [0.05, 0.1) is 17.0 Å². The first kappa shape index (κ1) is 21.8. The fraction of sp³-hybridized carbons (Fsp3) is 0.182. The van der Waals surface area contributed by atoms with Gasteiger partial charge >= 0.3 is 0 Å². The molecule has 0 aliphatic heterocycles. The molecule has 1 amide bonds. The number of halogens is 1. The van der Waals surface area contributed by atoms with E-state index >= 15 is 0 Å². The molecule has 0 aliphatic carbocycles. The first-order valence-corrected chi connectivity index (χ1v) is 8.49. The van der Waals surface area contributed by atoms with Crippen LogP contribution in [0.5, 0.6) is 0 Å². The molecule has 0 atom stereocenters. The smallest absolute Gasteiger partial charge is 0.257 e. The quantitative estimate of drug-likeness (QED) is 0.510. The van der Waals surface area contributed by atoms with Crippen LogP contribution in [0.3, 0.4) is 0 Å². The Morgan fingerprint density at radius 2 is 1.85 bits per heavy atom. The van der Waals surface area contributed by atoms with Crippen molar-refractivity contribution in [1.82, 2.24) is 15.6 Å². The molecule has 1 rings (SSSR count). The van der Waals surface area contributed by atoms with Gasteiger partial charge in [0.2, 0.25) is 5.95 Å². The molecule has 0 fully saturated rings. The van der Waals surface area contributed by atoms with Crippen LogP contribution in [0.4, 0.5) is 4.39 Å². The van der Waals surface area contributed by atoms with E-state index in [1.165, 1.54) is 12.3 Å². The molecule has 1 heterocycles. The van der Waals surface area contributed by atoms with Crippen LogP contribution < -0.4 is 10.6 Å². The van der Waals surface area contributed by atoms with Gasteiger partial charge in [0.15, 0.2) is 0 Å². The van der Waals surface area contributed by atoms with Gasteiger partial charge in [-0.05, 0) is 57.6 Å². The Balaban J connectivity index is 3.11. The minimum atomic E-state index is -0.623. The van der Waals surface area contributed by atoms with Crippen LogP contribution in [0.25, 0.3) is 0 Å². The Hall–Kier alpha value is -3.21.